The minimum absolute atomic E-state index is 0.0395. The lowest BCUT2D eigenvalue weighted by molar-refractivity contribution is -0.104. The molecule has 0 aromatic carbocycles. The fraction of sp³-hybridized carbons (Fsp3) is 1.00. The van der Waals surface area contributed by atoms with Crippen molar-refractivity contribution < 1.29 is 9.84 Å². The number of hydrogen-bond acceptors (Lipinski definition) is 3. The third kappa shape index (κ3) is 1.68. The van der Waals surface area contributed by atoms with Gasteiger partial charge in [0.05, 0.1) is 18.3 Å². The van der Waals surface area contributed by atoms with E-state index >= 15 is 0 Å². The van der Waals surface area contributed by atoms with Crippen LogP contribution in [0.5, 0.6) is 0 Å². The standard InChI is InChI=1S/C7H15NO2/c1-5-7(9)3-2-6(4-8)10-5/h5-7,9H,2-4,8H2,1H3/t5-,6?,7?/m1/s1. The maximum atomic E-state index is 9.23. The van der Waals surface area contributed by atoms with Gasteiger partial charge in [-0.1, -0.05) is 0 Å². The van der Waals surface area contributed by atoms with Gasteiger partial charge in [0, 0.05) is 6.54 Å². The Morgan fingerprint density at radius 3 is 2.80 bits per heavy atom. The van der Waals surface area contributed by atoms with Crippen LogP contribution in [-0.2, 0) is 4.74 Å². The predicted octanol–water partition coefficient (Wildman–Crippen LogP) is -0.127. The smallest absolute Gasteiger partial charge is 0.0810 e. The third-order valence-electron chi connectivity index (χ3n) is 2.00. The van der Waals surface area contributed by atoms with Gasteiger partial charge in [0.15, 0.2) is 0 Å². The predicted molar refractivity (Wildman–Crippen MR) is 38.6 cm³/mol. The topological polar surface area (TPSA) is 55.5 Å². The number of rotatable bonds is 1. The Morgan fingerprint density at radius 2 is 2.30 bits per heavy atom. The van der Waals surface area contributed by atoms with Gasteiger partial charge < -0.3 is 15.6 Å². The Bertz CT molecular complexity index is 108. The summed E-state index contributed by atoms with van der Waals surface area (Å²) in [5.74, 6) is 0. The summed E-state index contributed by atoms with van der Waals surface area (Å²) >= 11 is 0. The highest BCUT2D eigenvalue weighted by Crippen LogP contribution is 2.17. The summed E-state index contributed by atoms with van der Waals surface area (Å²) in [5, 5.41) is 9.23. The van der Waals surface area contributed by atoms with Crippen molar-refractivity contribution in [3.8, 4) is 0 Å². The zero-order valence-electron chi connectivity index (χ0n) is 6.29. The summed E-state index contributed by atoms with van der Waals surface area (Å²) in [5.41, 5.74) is 5.40. The summed E-state index contributed by atoms with van der Waals surface area (Å²) in [6, 6.07) is 0. The van der Waals surface area contributed by atoms with E-state index in [4.69, 9.17) is 10.5 Å². The van der Waals surface area contributed by atoms with Gasteiger partial charge in [-0.15, -0.1) is 0 Å². The summed E-state index contributed by atoms with van der Waals surface area (Å²) in [6.45, 7) is 2.45. The van der Waals surface area contributed by atoms with Crippen LogP contribution in [0.25, 0.3) is 0 Å². The highest BCUT2D eigenvalue weighted by Gasteiger charge is 2.25. The van der Waals surface area contributed by atoms with Gasteiger partial charge in [0.25, 0.3) is 0 Å². The van der Waals surface area contributed by atoms with E-state index in [0.29, 0.717) is 6.54 Å². The van der Waals surface area contributed by atoms with Gasteiger partial charge in [0.1, 0.15) is 0 Å². The largest absolute Gasteiger partial charge is 0.390 e. The molecule has 1 aliphatic heterocycles. The minimum Gasteiger partial charge on any atom is -0.390 e. The Morgan fingerprint density at radius 1 is 1.60 bits per heavy atom. The van der Waals surface area contributed by atoms with E-state index in [1.165, 1.54) is 0 Å². The van der Waals surface area contributed by atoms with Crippen LogP contribution in [0.4, 0.5) is 0 Å². The maximum Gasteiger partial charge on any atom is 0.0810 e. The molecule has 3 nitrogen and oxygen atoms in total. The van der Waals surface area contributed by atoms with Crippen LogP contribution in [0.15, 0.2) is 0 Å². The zero-order chi connectivity index (χ0) is 7.56. The molecule has 1 heterocycles. The fourth-order valence-corrected chi connectivity index (χ4v) is 1.23. The lowest BCUT2D eigenvalue weighted by Gasteiger charge is -2.30. The molecule has 0 aromatic heterocycles. The van der Waals surface area contributed by atoms with Crippen molar-refractivity contribution in [2.24, 2.45) is 5.73 Å². The van der Waals surface area contributed by atoms with Gasteiger partial charge in [0.2, 0.25) is 0 Å². The molecular formula is C7H15NO2. The molecule has 1 saturated heterocycles. The van der Waals surface area contributed by atoms with Gasteiger partial charge in [-0.05, 0) is 19.8 Å². The molecule has 0 saturated carbocycles. The Labute approximate surface area is 61.2 Å². The summed E-state index contributed by atoms with van der Waals surface area (Å²) < 4.78 is 5.37. The van der Waals surface area contributed by atoms with Crippen molar-refractivity contribution in [3.05, 3.63) is 0 Å². The number of ether oxygens (including phenoxy) is 1. The lowest BCUT2D eigenvalue weighted by Crippen LogP contribution is -2.39. The van der Waals surface area contributed by atoms with Crippen LogP contribution in [0, 0.1) is 0 Å². The average Bonchev–Trinajstić information content (AvgIpc) is 1.95. The summed E-state index contributed by atoms with van der Waals surface area (Å²) in [4.78, 5) is 0. The normalized spacial score (nSPS) is 41.7. The number of aliphatic hydroxyl groups excluding tert-OH is 1. The minimum atomic E-state index is -0.289. The van der Waals surface area contributed by atoms with Gasteiger partial charge >= 0.3 is 0 Å². The van der Waals surface area contributed by atoms with E-state index in [-0.39, 0.29) is 18.3 Å². The van der Waals surface area contributed by atoms with Gasteiger partial charge in [-0.2, -0.15) is 0 Å². The van der Waals surface area contributed by atoms with E-state index in [1.807, 2.05) is 6.92 Å². The van der Waals surface area contributed by atoms with Crippen LogP contribution in [0.1, 0.15) is 19.8 Å². The molecule has 1 fully saturated rings. The van der Waals surface area contributed by atoms with Crippen molar-refractivity contribution in [1.29, 1.82) is 0 Å². The molecule has 3 N–H and O–H groups in total. The monoisotopic (exact) mass is 145 g/mol. The number of aliphatic hydroxyl groups is 1. The van der Waals surface area contributed by atoms with Crippen molar-refractivity contribution in [2.45, 2.75) is 38.1 Å². The molecule has 0 spiro atoms. The molecule has 0 radical (unpaired) electrons. The molecule has 2 unspecified atom stereocenters. The zero-order valence-corrected chi connectivity index (χ0v) is 6.29. The second-order valence-corrected chi connectivity index (χ2v) is 2.84. The molecule has 0 amide bonds. The Balaban J connectivity index is 2.33. The molecule has 0 bridgehead atoms. The molecule has 0 aromatic rings. The van der Waals surface area contributed by atoms with E-state index < -0.39 is 0 Å². The molecule has 3 heteroatoms. The first-order chi connectivity index (χ1) is 4.74. The van der Waals surface area contributed by atoms with Crippen LogP contribution >= 0.6 is 0 Å². The SMILES string of the molecule is C[C@H]1OC(CN)CCC1O. The number of hydrogen-bond donors (Lipinski definition) is 2. The summed E-state index contributed by atoms with van der Waals surface area (Å²) in [6.07, 6.45) is 1.55. The van der Waals surface area contributed by atoms with E-state index in [0.717, 1.165) is 12.8 Å². The molecule has 1 rings (SSSR count). The van der Waals surface area contributed by atoms with Crippen LogP contribution in [-0.4, -0.2) is 30.0 Å². The van der Waals surface area contributed by atoms with Gasteiger partial charge in [-0.25, -0.2) is 0 Å². The first-order valence-corrected chi connectivity index (χ1v) is 3.77. The Kier molecular flexibility index (Phi) is 2.65. The first-order valence-electron chi connectivity index (χ1n) is 3.77. The first kappa shape index (κ1) is 7.98. The Hall–Kier alpha value is -0.120. The highest BCUT2D eigenvalue weighted by molar-refractivity contribution is 4.75. The average molecular weight is 145 g/mol. The molecular weight excluding hydrogens is 130 g/mol. The molecule has 0 aliphatic carbocycles. The summed E-state index contributed by atoms with van der Waals surface area (Å²) in [7, 11) is 0. The van der Waals surface area contributed by atoms with Crippen molar-refractivity contribution in [2.75, 3.05) is 6.54 Å². The van der Waals surface area contributed by atoms with Crippen molar-refractivity contribution in [3.63, 3.8) is 0 Å². The van der Waals surface area contributed by atoms with E-state index in [2.05, 4.69) is 0 Å². The molecule has 3 atom stereocenters. The van der Waals surface area contributed by atoms with Crippen LogP contribution in [0.2, 0.25) is 0 Å². The quantitative estimate of drug-likeness (QED) is 0.540. The van der Waals surface area contributed by atoms with Crippen molar-refractivity contribution >= 4 is 0 Å². The molecule has 60 valence electrons. The molecule has 10 heavy (non-hydrogen) atoms. The third-order valence-corrected chi connectivity index (χ3v) is 2.00. The van der Waals surface area contributed by atoms with Crippen molar-refractivity contribution in [1.82, 2.24) is 0 Å². The molecule has 1 aliphatic rings. The van der Waals surface area contributed by atoms with Crippen LogP contribution in [0.3, 0.4) is 0 Å². The van der Waals surface area contributed by atoms with E-state index in [9.17, 15) is 5.11 Å². The van der Waals surface area contributed by atoms with Crippen LogP contribution < -0.4 is 5.73 Å². The second kappa shape index (κ2) is 3.32. The lowest BCUT2D eigenvalue weighted by atomic mass is 10.0. The highest BCUT2D eigenvalue weighted by atomic mass is 16.5. The van der Waals surface area contributed by atoms with E-state index in [1.54, 1.807) is 0 Å². The maximum absolute atomic E-state index is 9.23. The van der Waals surface area contributed by atoms with Gasteiger partial charge in [-0.3, -0.25) is 0 Å². The fourth-order valence-electron chi connectivity index (χ4n) is 1.23. The second-order valence-electron chi connectivity index (χ2n) is 2.84. The number of nitrogens with two attached hydrogens (primary N) is 1.